The van der Waals surface area contributed by atoms with E-state index in [0.29, 0.717) is 11.3 Å². The molecule has 0 atom stereocenters. The molecule has 1 saturated carbocycles. The van der Waals surface area contributed by atoms with Gasteiger partial charge in [-0.1, -0.05) is 13.3 Å². The lowest BCUT2D eigenvalue weighted by molar-refractivity contribution is -0.120. The summed E-state index contributed by atoms with van der Waals surface area (Å²) in [5.41, 5.74) is 0. The Balaban J connectivity index is 2.15. The topological polar surface area (TPSA) is 41.1 Å². The Hall–Kier alpha value is -0.220. The number of nitrogens with one attached hydrogen (secondary N) is 2. The van der Waals surface area contributed by atoms with Gasteiger partial charge in [-0.05, 0) is 25.6 Å². The summed E-state index contributed by atoms with van der Waals surface area (Å²) < 4.78 is 0.349. The van der Waals surface area contributed by atoms with E-state index in [1.165, 1.54) is 19.3 Å². The van der Waals surface area contributed by atoms with Gasteiger partial charge in [-0.3, -0.25) is 4.79 Å². The smallest absolute Gasteiger partial charge is 0.234 e. The van der Waals surface area contributed by atoms with Crippen LogP contribution in [0.4, 0.5) is 0 Å². The summed E-state index contributed by atoms with van der Waals surface area (Å²) >= 11 is 1.89. The van der Waals surface area contributed by atoms with Crippen molar-refractivity contribution in [2.45, 2.75) is 30.9 Å². The molecule has 3 nitrogen and oxygen atoms in total. The first-order chi connectivity index (χ1) is 6.72. The van der Waals surface area contributed by atoms with Gasteiger partial charge in [-0.15, -0.1) is 0 Å². The number of carbonyl (C=O) groups is 1. The molecule has 0 aliphatic heterocycles. The highest BCUT2D eigenvalue weighted by atomic mass is 32.2. The molecular formula is C10H20N2OS. The molecule has 2 N–H and O–H groups in total. The maximum absolute atomic E-state index is 11.3. The van der Waals surface area contributed by atoms with Crippen LogP contribution in [0.3, 0.4) is 0 Å². The van der Waals surface area contributed by atoms with Crippen LogP contribution in [0, 0.1) is 0 Å². The third-order valence-corrected chi connectivity index (χ3v) is 4.26. The van der Waals surface area contributed by atoms with Gasteiger partial charge in [0.1, 0.15) is 0 Å². The molecule has 0 heterocycles. The molecule has 0 aromatic carbocycles. The van der Waals surface area contributed by atoms with Crippen molar-refractivity contribution in [2.75, 3.05) is 25.9 Å². The number of hydrogen-bond acceptors (Lipinski definition) is 3. The summed E-state index contributed by atoms with van der Waals surface area (Å²) in [4.78, 5) is 11.3. The molecular weight excluding hydrogens is 196 g/mol. The number of rotatable bonds is 6. The zero-order valence-corrected chi connectivity index (χ0v) is 9.88. The zero-order chi connectivity index (χ0) is 10.4. The Bertz CT molecular complexity index is 187. The predicted octanol–water partition coefficient (Wildman–Crippen LogP) is 0.998. The highest BCUT2D eigenvalue weighted by Crippen LogP contribution is 2.42. The maximum atomic E-state index is 11.3. The van der Waals surface area contributed by atoms with Gasteiger partial charge in [0.15, 0.2) is 0 Å². The van der Waals surface area contributed by atoms with E-state index in [-0.39, 0.29) is 5.91 Å². The van der Waals surface area contributed by atoms with Crippen LogP contribution in [0.15, 0.2) is 0 Å². The van der Waals surface area contributed by atoms with Crippen molar-refractivity contribution in [2.24, 2.45) is 0 Å². The van der Waals surface area contributed by atoms with Crippen LogP contribution in [0.25, 0.3) is 0 Å². The van der Waals surface area contributed by atoms with E-state index >= 15 is 0 Å². The van der Waals surface area contributed by atoms with E-state index in [9.17, 15) is 4.79 Å². The first-order valence-corrected chi connectivity index (χ1v) is 6.47. The largest absolute Gasteiger partial charge is 0.354 e. The van der Waals surface area contributed by atoms with Gasteiger partial charge in [0, 0.05) is 11.3 Å². The van der Waals surface area contributed by atoms with Crippen LogP contribution in [0.1, 0.15) is 26.2 Å². The molecule has 0 saturated heterocycles. The molecule has 82 valence electrons. The Morgan fingerprint density at radius 1 is 1.50 bits per heavy atom. The molecule has 0 aromatic rings. The molecule has 1 aliphatic rings. The molecule has 1 rings (SSSR count). The lowest BCUT2D eigenvalue weighted by atomic mass is 9.84. The van der Waals surface area contributed by atoms with E-state index in [4.69, 9.17) is 0 Å². The van der Waals surface area contributed by atoms with E-state index < -0.39 is 0 Å². The van der Waals surface area contributed by atoms with Gasteiger partial charge >= 0.3 is 0 Å². The second-order valence-electron chi connectivity index (χ2n) is 3.80. The van der Waals surface area contributed by atoms with Crippen molar-refractivity contribution in [3.63, 3.8) is 0 Å². The summed E-state index contributed by atoms with van der Waals surface area (Å²) in [6, 6.07) is 0. The lowest BCUT2D eigenvalue weighted by Crippen LogP contribution is -2.47. The molecule has 14 heavy (non-hydrogen) atoms. The van der Waals surface area contributed by atoms with Crippen molar-refractivity contribution in [1.29, 1.82) is 0 Å². The second-order valence-corrected chi connectivity index (χ2v) is 5.07. The number of amides is 1. The van der Waals surface area contributed by atoms with E-state index in [1.54, 1.807) is 0 Å². The number of likely N-dealkylation sites (N-methyl/N-ethyl adjacent to an activating group) is 1. The van der Waals surface area contributed by atoms with Crippen molar-refractivity contribution in [3.05, 3.63) is 0 Å². The first-order valence-electron chi connectivity index (χ1n) is 5.25. The Labute approximate surface area is 90.4 Å². The van der Waals surface area contributed by atoms with Gasteiger partial charge in [0.25, 0.3) is 0 Å². The van der Waals surface area contributed by atoms with Crippen LogP contribution in [0.2, 0.25) is 0 Å². The molecule has 0 bridgehead atoms. The fourth-order valence-electron chi connectivity index (χ4n) is 1.58. The fourth-order valence-corrected chi connectivity index (χ4v) is 2.50. The summed E-state index contributed by atoms with van der Waals surface area (Å²) in [5, 5.41) is 6.01. The van der Waals surface area contributed by atoms with Gasteiger partial charge in [0.05, 0.1) is 6.54 Å². The van der Waals surface area contributed by atoms with Crippen molar-refractivity contribution in [1.82, 2.24) is 10.6 Å². The monoisotopic (exact) mass is 216 g/mol. The minimum Gasteiger partial charge on any atom is -0.354 e. The molecule has 0 spiro atoms. The third kappa shape index (κ3) is 3.17. The number of hydrogen-bond donors (Lipinski definition) is 2. The van der Waals surface area contributed by atoms with Crippen molar-refractivity contribution < 1.29 is 4.79 Å². The van der Waals surface area contributed by atoms with Crippen LogP contribution in [-0.4, -0.2) is 36.5 Å². The first kappa shape index (κ1) is 11.9. The van der Waals surface area contributed by atoms with Crippen LogP contribution < -0.4 is 10.6 Å². The van der Waals surface area contributed by atoms with Crippen molar-refractivity contribution in [3.8, 4) is 0 Å². The van der Waals surface area contributed by atoms with Crippen LogP contribution in [-0.2, 0) is 4.79 Å². The van der Waals surface area contributed by atoms with E-state index in [2.05, 4.69) is 16.9 Å². The lowest BCUT2D eigenvalue weighted by Gasteiger charge is -2.40. The molecule has 0 radical (unpaired) electrons. The Morgan fingerprint density at radius 2 is 2.21 bits per heavy atom. The Morgan fingerprint density at radius 3 is 2.64 bits per heavy atom. The van der Waals surface area contributed by atoms with Crippen molar-refractivity contribution >= 4 is 17.7 Å². The summed E-state index contributed by atoms with van der Waals surface area (Å²) in [7, 11) is 0. The van der Waals surface area contributed by atoms with E-state index in [0.717, 1.165) is 13.1 Å². The third-order valence-electron chi connectivity index (χ3n) is 2.84. The molecule has 1 fully saturated rings. The molecule has 1 aliphatic carbocycles. The highest BCUT2D eigenvalue weighted by Gasteiger charge is 2.36. The highest BCUT2D eigenvalue weighted by molar-refractivity contribution is 8.00. The second kappa shape index (κ2) is 5.61. The number of carbonyl (C=O) groups excluding carboxylic acids is 1. The average Bonchev–Trinajstić information content (AvgIpc) is 2.14. The minimum absolute atomic E-state index is 0.118. The summed E-state index contributed by atoms with van der Waals surface area (Å²) in [5.74, 6) is 0.118. The maximum Gasteiger partial charge on any atom is 0.234 e. The number of thioether (sulfide) groups is 1. The fraction of sp³-hybridized carbons (Fsp3) is 0.900. The Kier molecular flexibility index (Phi) is 4.75. The molecule has 0 aromatic heterocycles. The van der Waals surface area contributed by atoms with E-state index in [1.807, 2.05) is 18.7 Å². The quantitative estimate of drug-likeness (QED) is 0.696. The summed E-state index contributed by atoms with van der Waals surface area (Å²) in [6.07, 6.45) is 5.94. The standard InChI is InChI=1S/C10H20N2OS/c1-3-11-7-9(13)12-8-10(14-2)5-4-6-10/h11H,3-8H2,1-2H3,(H,12,13). The predicted molar refractivity (Wildman–Crippen MR) is 61.7 cm³/mol. The van der Waals surface area contributed by atoms with Crippen LogP contribution >= 0.6 is 11.8 Å². The zero-order valence-electron chi connectivity index (χ0n) is 9.06. The molecule has 4 heteroatoms. The molecule has 0 unspecified atom stereocenters. The summed E-state index contributed by atoms with van der Waals surface area (Å²) in [6.45, 7) is 4.13. The van der Waals surface area contributed by atoms with Gasteiger partial charge in [-0.25, -0.2) is 0 Å². The minimum atomic E-state index is 0.118. The molecule has 1 amide bonds. The van der Waals surface area contributed by atoms with Gasteiger partial charge < -0.3 is 10.6 Å². The van der Waals surface area contributed by atoms with Gasteiger partial charge in [-0.2, -0.15) is 11.8 Å². The average molecular weight is 216 g/mol. The van der Waals surface area contributed by atoms with Crippen LogP contribution in [0.5, 0.6) is 0 Å². The van der Waals surface area contributed by atoms with Gasteiger partial charge in [0.2, 0.25) is 5.91 Å². The SMILES string of the molecule is CCNCC(=O)NCC1(SC)CCC1. The normalized spacial score (nSPS) is 18.7.